The molecule has 0 atom stereocenters. The fourth-order valence-electron chi connectivity index (χ4n) is 3.22. The smallest absolute Gasteiger partial charge is 0.262 e. The number of aryl methyl sites for hydroxylation is 2. The third-order valence-electron chi connectivity index (χ3n) is 5.09. The Kier molecular flexibility index (Phi) is 6.14. The van der Waals surface area contributed by atoms with E-state index in [1.54, 1.807) is 30.5 Å². The molecule has 0 unspecified atom stereocenters. The summed E-state index contributed by atoms with van der Waals surface area (Å²) in [5.41, 5.74) is 5.61. The third kappa shape index (κ3) is 4.44. The van der Waals surface area contributed by atoms with Gasteiger partial charge in [-0.05, 0) is 31.7 Å². The lowest BCUT2D eigenvalue weighted by Crippen LogP contribution is -2.46. The minimum atomic E-state index is -3.61. The summed E-state index contributed by atoms with van der Waals surface area (Å²) in [5, 5.41) is 0.0732. The molecule has 1 amide bonds. The highest BCUT2D eigenvalue weighted by Gasteiger charge is 2.35. The molecule has 0 radical (unpaired) electrons. The van der Waals surface area contributed by atoms with E-state index in [1.165, 1.54) is 10.5 Å². The van der Waals surface area contributed by atoms with Crippen LogP contribution in [0.4, 0.5) is 0 Å². The third-order valence-corrected chi connectivity index (χ3v) is 6.86. The summed E-state index contributed by atoms with van der Waals surface area (Å²) in [7, 11) is -0.0459. The number of hydrogen-bond donors (Lipinski definition) is 1. The van der Waals surface area contributed by atoms with Gasteiger partial charge in [0.2, 0.25) is 5.91 Å². The fourth-order valence-corrected chi connectivity index (χ4v) is 4.72. The highest BCUT2D eigenvalue weighted by molar-refractivity contribution is 7.89. The van der Waals surface area contributed by atoms with Gasteiger partial charge in [0.1, 0.15) is 5.82 Å². The van der Waals surface area contributed by atoms with Crippen LogP contribution in [0, 0.1) is 18.3 Å². The molecule has 2 rings (SSSR count). The summed E-state index contributed by atoms with van der Waals surface area (Å²) in [6.45, 7) is 7.59. The molecule has 0 aromatic carbocycles. The second kappa shape index (κ2) is 7.66. The number of amides is 1. The normalized spacial score (nSPS) is 17.5. The molecule has 2 heterocycles. The predicted molar refractivity (Wildman–Crippen MR) is 99.9 cm³/mol. The SMILES string of the molecule is Cc1nc(S(=O)(=O)N2CCC(C(=O)N(C)CC(C)(C)CN)CC2)cn1C. The second-order valence-electron chi connectivity index (χ2n) is 7.98. The first-order valence-corrected chi connectivity index (χ1v) is 10.4. The van der Waals surface area contributed by atoms with Crippen LogP contribution < -0.4 is 5.73 Å². The van der Waals surface area contributed by atoms with Crippen LogP contribution in [0.15, 0.2) is 11.2 Å². The van der Waals surface area contributed by atoms with Crippen LogP contribution in [0.5, 0.6) is 0 Å². The number of carbonyl (C=O) groups excluding carboxylic acids is 1. The Morgan fingerprint density at radius 2 is 1.96 bits per heavy atom. The quantitative estimate of drug-likeness (QED) is 0.771. The highest BCUT2D eigenvalue weighted by Crippen LogP contribution is 2.25. The van der Waals surface area contributed by atoms with Crippen LogP contribution >= 0.6 is 0 Å². The number of carbonyl (C=O) groups is 1. The van der Waals surface area contributed by atoms with Gasteiger partial charge < -0.3 is 15.2 Å². The van der Waals surface area contributed by atoms with Gasteiger partial charge in [-0.25, -0.2) is 13.4 Å². The molecule has 2 N–H and O–H groups in total. The van der Waals surface area contributed by atoms with Gasteiger partial charge in [-0.15, -0.1) is 0 Å². The summed E-state index contributed by atoms with van der Waals surface area (Å²) in [6, 6.07) is 0. The topological polar surface area (TPSA) is 102 Å². The first-order valence-electron chi connectivity index (χ1n) is 8.93. The lowest BCUT2D eigenvalue weighted by molar-refractivity contribution is -0.136. The number of aromatic nitrogens is 2. The van der Waals surface area contributed by atoms with E-state index in [0.29, 0.717) is 44.8 Å². The van der Waals surface area contributed by atoms with Gasteiger partial charge in [0.25, 0.3) is 10.0 Å². The molecule has 8 nitrogen and oxygen atoms in total. The van der Waals surface area contributed by atoms with Crippen molar-refractivity contribution in [3.8, 4) is 0 Å². The van der Waals surface area contributed by atoms with Gasteiger partial charge in [0, 0.05) is 45.8 Å². The van der Waals surface area contributed by atoms with Crippen molar-refractivity contribution in [1.82, 2.24) is 18.8 Å². The zero-order chi connectivity index (χ0) is 19.7. The molecule has 1 aliphatic rings. The van der Waals surface area contributed by atoms with Gasteiger partial charge in [-0.1, -0.05) is 13.8 Å². The van der Waals surface area contributed by atoms with Crippen molar-refractivity contribution in [2.24, 2.45) is 24.1 Å². The monoisotopic (exact) mass is 385 g/mol. The Morgan fingerprint density at radius 3 is 2.42 bits per heavy atom. The van der Waals surface area contributed by atoms with Crippen molar-refractivity contribution in [1.29, 1.82) is 0 Å². The maximum Gasteiger partial charge on any atom is 0.262 e. The first-order chi connectivity index (χ1) is 12.0. The molecule has 26 heavy (non-hydrogen) atoms. The highest BCUT2D eigenvalue weighted by atomic mass is 32.2. The maximum atomic E-state index is 12.7. The Hall–Kier alpha value is -1.45. The predicted octanol–water partition coefficient (Wildman–Crippen LogP) is 0.573. The number of nitrogens with zero attached hydrogens (tertiary/aromatic N) is 4. The average Bonchev–Trinajstić information content (AvgIpc) is 2.93. The molecule has 0 spiro atoms. The Balaban J connectivity index is 1.99. The van der Waals surface area contributed by atoms with Crippen LogP contribution in [-0.2, 0) is 21.9 Å². The summed E-state index contributed by atoms with van der Waals surface area (Å²) >= 11 is 0. The van der Waals surface area contributed by atoms with Gasteiger partial charge >= 0.3 is 0 Å². The van der Waals surface area contributed by atoms with Crippen molar-refractivity contribution in [3.63, 3.8) is 0 Å². The van der Waals surface area contributed by atoms with E-state index in [-0.39, 0.29) is 22.3 Å². The molecule has 1 fully saturated rings. The van der Waals surface area contributed by atoms with Crippen molar-refractivity contribution >= 4 is 15.9 Å². The fraction of sp³-hybridized carbons (Fsp3) is 0.765. The van der Waals surface area contributed by atoms with Crippen LogP contribution in [0.1, 0.15) is 32.5 Å². The second-order valence-corrected chi connectivity index (χ2v) is 9.86. The number of sulfonamides is 1. The van der Waals surface area contributed by atoms with Crippen molar-refractivity contribution in [2.45, 2.75) is 38.6 Å². The molecule has 0 saturated carbocycles. The number of nitrogens with two attached hydrogens (primary N) is 1. The van der Waals surface area contributed by atoms with Crippen molar-refractivity contribution < 1.29 is 13.2 Å². The van der Waals surface area contributed by atoms with Crippen molar-refractivity contribution in [3.05, 3.63) is 12.0 Å². The van der Waals surface area contributed by atoms with E-state index in [9.17, 15) is 13.2 Å². The molecule has 0 aliphatic carbocycles. The van der Waals surface area contributed by atoms with Crippen LogP contribution in [0.3, 0.4) is 0 Å². The van der Waals surface area contributed by atoms with Gasteiger partial charge in [-0.3, -0.25) is 4.79 Å². The number of piperidine rings is 1. The Bertz CT molecular complexity index is 729. The maximum absolute atomic E-state index is 12.7. The standard InChI is InChI=1S/C17H31N5O3S/c1-13-19-15(10-20(13)4)26(24,25)22-8-6-14(7-9-22)16(23)21(5)12-17(2,3)11-18/h10,14H,6-9,11-12,18H2,1-5H3. The summed E-state index contributed by atoms with van der Waals surface area (Å²) in [4.78, 5) is 18.5. The van der Waals surface area contributed by atoms with Crippen LogP contribution in [0.25, 0.3) is 0 Å². The van der Waals surface area contributed by atoms with E-state index < -0.39 is 10.0 Å². The van der Waals surface area contributed by atoms with E-state index in [4.69, 9.17) is 5.73 Å². The first kappa shape index (κ1) is 20.9. The van der Waals surface area contributed by atoms with E-state index in [2.05, 4.69) is 4.98 Å². The van der Waals surface area contributed by atoms with E-state index in [0.717, 1.165) is 0 Å². The zero-order valence-corrected chi connectivity index (χ0v) is 17.2. The molecule has 1 aromatic rings. The number of rotatable bonds is 6. The number of hydrogen-bond acceptors (Lipinski definition) is 5. The molecule has 1 aliphatic heterocycles. The lowest BCUT2D eigenvalue weighted by atomic mass is 9.91. The van der Waals surface area contributed by atoms with Crippen molar-refractivity contribution in [2.75, 3.05) is 33.2 Å². The summed E-state index contributed by atoms with van der Waals surface area (Å²) in [5.74, 6) is 0.570. The van der Waals surface area contributed by atoms with Gasteiger partial charge in [0.05, 0.1) is 0 Å². The minimum Gasteiger partial charge on any atom is -0.345 e. The van der Waals surface area contributed by atoms with Gasteiger partial charge in [-0.2, -0.15) is 4.31 Å². The molecule has 9 heteroatoms. The molecular formula is C17H31N5O3S. The summed E-state index contributed by atoms with van der Waals surface area (Å²) < 4.78 is 28.6. The largest absolute Gasteiger partial charge is 0.345 e. The zero-order valence-electron chi connectivity index (χ0n) is 16.4. The van der Waals surface area contributed by atoms with E-state index in [1.807, 2.05) is 13.8 Å². The minimum absolute atomic E-state index is 0.0669. The van der Waals surface area contributed by atoms with Crippen LogP contribution in [-0.4, -0.2) is 66.3 Å². The van der Waals surface area contributed by atoms with E-state index >= 15 is 0 Å². The lowest BCUT2D eigenvalue weighted by Gasteiger charge is -2.34. The molecule has 0 bridgehead atoms. The molecule has 1 aromatic heterocycles. The summed E-state index contributed by atoms with van der Waals surface area (Å²) in [6.07, 6.45) is 2.58. The Morgan fingerprint density at radius 1 is 1.38 bits per heavy atom. The Labute approximate surface area is 156 Å². The molecule has 1 saturated heterocycles. The molecular weight excluding hydrogens is 354 g/mol. The van der Waals surface area contributed by atoms with Crippen LogP contribution in [0.2, 0.25) is 0 Å². The molecule has 148 valence electrons. The average molecular weight is 386 g/mol. The van der Waals surface area contributed by atoms with Gasteiger partial charge in [0.15, 0.2) is 5.03 Å². The number of imidazole rings is 1.